The van der Waals surface area contributed by atoms with Crippen molar-refractivity contribution in [3.8, 4) is 28.6 Å². The van der Waals surface area contributed by atoms with E-state index < -0.39 is 12.6 Å². The highest BCUT2D eigenvalue weighted by atomic mass is 16.5. The minimum Gasteiger partial charge on any atom is -0.482 e. The van der Waals surface area contributed by atoms with Crippen molar-refractivity contribution in [2.75, 3.05) is 6.61 Å². The lowest BCUT2D eigenvalue weighted by atomic mass is 10.1. The second kappa shape index (κ2) is 6.31. The Labute approximate surface area is 132 Å². The van der Waals surface area contributed by atoms with Crippen LogP contribution in [0.4, 0.5) is 0 Å². The molecule has 0 spiro atoms. The largest absolute Gasteiger partial charge is 0.482 e. The molecule has 23 heavy (non-hydrogen) atoms. The van der Waals surface area contributed by atoms with Gasteiger partial charge < -0.3 is 14.4 Å². The summed E-state index contributed by atoms with van der Waals surface area (Å²) in [6.07, 6.45) is 0. The molecule has 0 unspecified atom stereocenters. The van der Waals surface area contributed by atoms with Gasteiger partial charge in [-0.2, -0.15) is 4.98 Å². The van der Waals surface area contributed by atoms with Gasteiger partial charge in [0.05, 0.1) is 0 Å². The van der Waals surface area contributed by atoms with Gasteiger partial charge in [-0.3, -0.25) is 0 Å². The van der Waals surface area contributed by atoms with Crippen LogP contribution in [0.5, 0.6) is 5.75 Å². The summed E-state index contributed by atoms with van der Waals surface area (Å²) in [5, 5.41) is 12.6. The van der Waals surface area contributed by atoms with Crippen molar-refractivity contribution in [1.29, 1.82) is 0 Å². The summed E-state index contributed by atoms with van der Waals surface area (Å²) in [4.78, 5) is 14.9. The van der Waals surface area contributed by atoms with E-state index in [1.165, 1.54) is 0 Å². The highest BCUT2D eigenvalue weighted by Crippen LogP contribution is 2.25. The predicted octanol–water partition coefficient (Wildman–Crippen LogP) is 3.18. The maximum absolute atomic E-state index is 10.5. The molecule has 0 bridgehead atoms. The standard InChI is InChI=1S/C17H14N2O4/c1-11-5-7-12(8-6-11)16-18-17(23-19-16)13-3-2-4-14(9-13)22-10-15(20)21/h2-9H,10H2,1H3,(H,20,21). The van der Waals surface area contributed by atoms with Crippen LogP contribution in [0.3, 0.4) is 0 Å². The number of benzene rings is 2. The topological polar surface area (TPSA) is 85.5 Å². The molecule has 6 nitrogen and oxygen atoms in total. The number of rotatable bonds is 5. The van der Waals surface area contributed by atoms with Gasteiger partial charge in [0.25, 0.3) is 5.89 Å². The number of aryl methyl sites for hydroxylation is 1. The number of carbonyl (C=O) groups is 1. The fraction of sp³-hybridized carbons (Fsp3) is 0.118. The first-order valence-electron chi connectivity index (χ1n) is 6.97. The third-order valence-corrected chi connectivity index (χ3v) is 3.18. The molecule has 1 heterocycles. The van der Waals surface area contributed by atoms with Crippen molar-refractivity contribution in [1.82, 2.24) is 10.1 Å². The molecule has 1 aromatic heterocycles. The Balaban J connectivity index is 1.84. The van der Waals surface area contributed by atoms with Crippen molar-refractivity contribution < 1.29 is 19.2 Å². The zero-order chi connectivity index (χ0) is 16.2. The van der Waals surface area contributed by atoms with Gasteiger partial charge in [0.2, 0.25) is 5.82 Å². The smallest absolute Gasteiger partial charge is 0.341 e. The summed E-state index contributed by atoms with van der Waals surface area (Å²) >= 11 is 0. The number of carboxylic acids is 1. The van der Waals surface area contributed by atoms with Gasteiger partial charge in [0.1, 0.15) is 5.75 Å². The molecule has 3 rings (SSSR count). The number of aliphatic carboxylic acids is 1. The van der Waals surface area contributed by atoms with Crippen molar-refractivity contribution in [2.24, 2.45) is 0 Å². The molecule has 116 valence electrons. The molecular formula is C17H14N2O4. The maximum Gasteiger partial charge on any atom is 0.341 e. The summed E-state index contributed by atoms with van der Waals surface area (Å²) in [6, 6.07) is 14.7. The van der Waals surface area contributed by atoms with E-state index >= 15 is 0 Å². The Morgan fingerprint density at radius 2 is 1.96 bits per heavy atom. The Kier molecular flexibility index (Phi) is 4.05. The molecule has 0 fully saturated rings. The summed E-state index contributed by atoms with van der Waals surface area (Å²) in [7, 11) is 0. The number of carboxylic acid groups (broad SMARTS) is 1. The van der Waals surface area contributed by atoms with E-state index in [1.54, 1.807) is 24.3 Å². The van der Waals surface area contributed by atoms with E-state index in [-0.39, 0.29) is 0 Å². The first kappa shape index (κ1) is 14.8. The first-order chi connectivity index (χ1) is 11.1. The highest BCUT2D eigenvalue weighted by Gasteiger charge is 2.11. The molecule has 2 aromatic carbocycles. The maximum atomic E-state index is 10.5. The van der Waals surface area contributed by atoms with Gasteiger partial charge in [-0.05, 0) is 25.1 Å². The molecular weight excluding hydrogens is 296 g/mol. The van der Waals surface area contributed by atoms with E-state index in [9.17, 15) is 4.79 Å². The number of aromatic nitrogens is 2. The summed E-state index contributed by atoms with van der Waals surface area (Å²) in [5.41, 5.74) is 2.68. The molecule has 0 saturated heterocycles. The van der Waals surface area contributed by atoms with Crippen molar-refractivity contribution in [3.05, 3.63) is 54.1 Å². The molecule has 1 N–H and O–H groups in total. The van der Waals surface area contributed by atoms with Crippen LogP contribution in [0.25, 0.3) is 22.8 Å². The quantitative estimate of drug-likeness (QED) is 0.779. The molecule has 0 aliphatic rings. The van der Waals surface area contributed by atoms with Crippen molar-refractivity contribution >= 4 is 5.97 Å². The second-order valence-corrected chi connectivity index (χ2v) is 5.00. The Bertz CT molecular complexity index is 825. The summed E-state index contributed by atoms with van der Waals surface area (Å²) in [6.45, 7) is 1.61. The van der Waals surface area contributed by atoms with Crippen LogP contribution < -0.4 is 4.74 Å². The van der Waals surface area contributed by atoms with Crippen LogP contribution in [0, 0.1) is 6.92 Å². The SMILES string of the molecule is Cc1ccc(-c2noc(-c3cccc(OCC(=O)O)c3)n2)cc1. The molecule has 0 radical (unpaired) electrons. The lowest BCUT2D eigenvalue weighted by Crippen LogP contribution is -2.09. The summed E-state index contributed by atoms with van der Waals surface area (Å²) < 4.78 is 10.4. The Hall–Kier alpha value is -3.15. The third-order valence-electron chi connectivity index (χ3n) is 3.18. The average molecular weight is 310 g/mol. The molecule has 0 aliphatic carbocycles. The Morgan fingerprint density at radius 3 is 2.70 bits per heavy atom. The van der Waals surface area contributed by atoms with Gasteiger partial charge in [-0.1, -0.05) is 41.1 Å². The lowest BCUT2D eigenvalue weighted by molar-refractivity contribution is -0.139. The van der Waals surface area contributed by atoms with E-state index in [2.05, 4.69) is 10.1 Å². The zero-order valence-corrected chi connectivity index (χ0v) is 12.4. The fourth-order valence-corrected chi connectivity index (χ4v) is 2.02. The minimum atomic E-state index is -1.03. The van der Waals surface area contributed by atoms with E-state index in [4.69, 9.17) is 14.4 Å². The monoisotopic (exact) mass is 310 g/mol. The van der Waals surface area contributed by atoms with E-state index in [0.29, 0.717) is 23.0 Å². The van der Waals surface area contributed by atoms with Gasteiger partial charge in [0, 0.05) is 11.1 Å². The number of hydrogen-bond donors (Lipinski definition) is 1. The molecule has 6 heteroatoms. The van der Waals surface area contributed by atoms with Gasteiger partial charge in [0.15, 0.2) is 6.61 Å². The van der Waals surface area contributed by atoms with Gasteiger partial charge >= 0.3 is 5.97 Å². The number of ether oxygens (including phenoxy) is 1. The fourth-order valence-electron chi connectivity index (χ4n) is 2.02. The molecule has 3 aromatic rings. The molecule has 0 atom stereocenters. The number of hydrogen-bond acceptors (Lipinski definition) is 5. The molecule has 0 aliphatic heterocycles. The van der Waals surface area contributed by atoms with Gasteiger partial charge in [-0.25, -0.2) is 4.79 Å². The molecule has 0 saturated carbocycles. The minimum absolute atomic E-state index is 0.348. The van der Waals surface area contributed by atoms with Crippen LogP contribution in [0.15, 0.2) is 53.1 Å². The number of nitrogens with zero attached hydrogens (tertiary/aromatic N) is 2. The predicted molar refractivity (Wildman–Crippen MR) is 83.0 cm³/mol. The van der Waals surface area contributed by atoms with Crippen LogP contribution >= 0.6 is 0 Å². The van der Waals surface area contributed by atoms with Crippen LogP contribution in [0.1, 0.15) is 5.56 Å². The van der Waals surface area contributed by atoms with Crippen molar-refractivity contribution in [3.63, 3.8) is 0 Å². The van der Waals surface area contributed by atoms with Crippen LogP contribution in [-0.4, -0.2) is 27.8 Å². The zero-order valence-electron chi connectivity index (χ0n) is 12.4. The van der Waals surface area contributed by atoms with Gasteiger partial charge in [-0.15, -0.1) is 0 Å². The Morgan fingerprint density at radius 1 is 1.17 bits per heavy atom. The van der Waals surface area contributed by atoms with Crippen LogP contribution in [-0.2, 0) is 4.79 Å². The van der Waals surface area contributed by atoms with E-state index in [0.717, 1.165) is 11.1 Å². The third kappa shape index (κ3) is 3.55. The highest BCUT2D eigenvalue weighted by molar-refractivity contribution is 5.68. The second-order valence-electron chi connectivity index (χ2n) is 5.00. The van der Waals surface area contributed by atoms with Crippen LogP contribution in [0.2, 0.25) is 0 Å². The normalized spacial score (nSPS) is 10.5. The van der Waals surface area contributed by atoms with Crippen molar-refractivity contribution in [2.45, 2.75) is 6.92 Å². The average Bonchev–Trinajstić information content (AvgIpc) is 3.04. The summed E-state index contributed by atoms with van der Waals surface area (Å²) in [5.74, 6) is 0.244. The first-order valence-corrected chi connectivity index (χ1v) is 6.97. The van der Waals surface area contributed by atoms with E-state index in [1.807, 2.05) is 31.2 Å². The molecule has 0 amide bonds. The lowest BCUT2D eigenvalue weighted by Gasteiger charge is -2.03.